The van der Waals surface area contributed by atoms with Gasteiger partial charge in [0.1, 0.15) is 12.2 Å². The van der Waals surface area contributed by atoms with Crippen LogP contribution in [0.3, 0.4) is 0 Å². The van der Waals surface area contributed by atoms with Crippen molar-refractivity contribution in [2.24, 2.45) is 7.05 Å². The average molecular weight is 561 g/mol. The highest BCUT2D eigenvalue weighted by atomic mass is 16.6. The lowest BCUT2D eigenvalue weighted by atomic mass is 10.1. The van der Waals surface area contributed by atoms with Gasteiger partial charge in [-0.2, -0.15) is 15.0 Å². The van der Waals surface area contributed by atoms with Gasteiger partial charge in [0.15, 0.2) is 35.1 Å². The predicted octanol–water partition coefficient (Wildman–Crippen LogP) is 1.81. The molecule has 0 radical (unpaired) electrons. The van der Waals surface area contributed by atoms with Crippen LogP contribution in [0.4, 0.5) is 11.8 Å². The van der Waals surface area contributed by atoms with Crippen LogP contribution in [0.2, 0.25) is 0 Å². The minimum absolute atomic E-state index is 0.107. The largest absolute Gasteiger partial charge is 0.387 e. The van der Waals surface area contributed by atoms with Gasteiger partial charge in [-0.15, -0.1) is 0 Å². The molecule has 0 unspecified atom stereocenters. The van der Waals surface area contributed by atoms with Crippen LogP contribution in [0, 0.1) is 0 Å². The molecular formula is C27H32N10O4. The Hall–Kier alpha value is -4.40. The first-order chi connectivity index (χ1) is 20.0. The zero-order valence-electron chi connectivity index (χ0n) is 22.8. The number of imidazole rings is 2. The molecule has 4 atom stereocenters. The lowest BCUT2D eigenvalue weighted by Gasteiger charge is -2.17. The van der Waals surface area contributed by atoms with Crippen molar-refractivity contribution in [3.8, 4) is 0 Å². The summed E-state index contributed by atoms with van der Waals surface area (Å²) >= 11 is 0. The Bertz CT molecular complexity index is 1600. The van der Waals surface area contributed by atoms with Crippen LogP contribution in [-0.4, -0.2) is 74.7 Å². The van der Waals surface area contributed by atoms with Crippen LogP contribution >= 0.6 is 0 Å². The zero-order chi connectivity index (χ0) is 28.3. The van der Waals surface area contributed by atoms with E-state index >= 15 is 0 Å². The Morgan fingerprint density at radius 2 is 1.78 bits per heavy atom. The second-order valence-corrected chi connectivity index (χ2v) is 9.92. The number of fused-ring (bicyclic) bond motifs is 1. The Kier molecular flexibility index (Phi) is 7.59. The van der Waals surface area contributed by atoms with Crippen molar-refractivity contribution in [3.05, 3.63) is 72.2 Å². The number of hydrogen-bond acceptors (Lipinski definition) is 12. The summed E-state index contributed by atoms with van der Waals surface area (Å²) in [5.74, 6) is 1.52. The normalized spacial score (nSPS) is 20.6. The van der Waals surface area contributed by atoms with Gasteiger partial charge in [0.25, 0.3) is 5.89 Å². The molecule has 0 saturated carbocycles. The van der Waals surface area contributed by atoms with Crippen molar-refractivity contribution >= 4 is 22.9 Å². The quantitative estimate of drug-likeness (QED) is 0.185. The standard InChI is InChI=1S/C27H32N10O4/c1-3-18-32-25(41-35-18)22-20(38)21(39)26(40-22)37-15-31-19-23(28-11-9-16-7-5-4-6-8-16)33-27(34-24(19)37)29-12-10-17-13-36(2)14-30-17/h4-8,13-15,20-22,26,38-39H,3,9-12H2,1-2H3,(H2,28,29,33,34)/t20-,21+,22-,26+/m0/s1. The Morgan fingerprint density at radius 3 is 2.54 bits per heavy atom. The Labute approximate surface area is 235 Å². The van der Waals surface area contributed by atoms with Crippen molar-refractivity contribution in [2.45, 2.75) is 50.7 Å². The molecule has 1 aliphatic rings. The molecule has 0 spiro atoms. The maximum Gasteiger partial charge on any atom is 0.258 e. The second kappa shape index (κ2) is 11.6. The van der Waals surface area contributed by atoms with Gasteiger partial charge in [-0.05, 0) is 12.0 Å². The molecule has 4 N–H and O–H groups in total. The summed E-state index contributed by atoms with van der Waals surface area (Å²) in [5.41, 5.74) is 3.08. The number of aromatic nitrogens is 8. The number of anilines is 2. The van der Waals surface area contributed by atoms with E-state index in [2.05, 4.69) is 42.9 Å². The first-order valence-electron chi connectivity index (χ1n) is 13.6. The van der Waals surface area contributed by atoms with Gasteiger partial charge >= 0.3 is 0 Å². The van der Waals surface area contributed by atoms with Crippen molar-refractivity contribution in [1.29, 1.82) is 0 Å². The summed E-state index contributed by atoms with van der Waals surface area (Å²) in [6.07, 6.45) is 2.71. The lowest BCUT2D eigenvalue weighted by Crippen LogP contribution is -2.29. The summed E-state index contributed by atoms with van der Waals surface area (Å²) in [6.45, 7) is 3.07. The number of aliphatic hydroxyl groups excluding tert-OH is 2. The van der Waals surface area contributed by atoms with Crippen LogP contribution in [0.25, 0.3) is 11.2 Å². The molecule has 5 aromatic rings. The summed E-state index contributed by atoms with van der Waals surface area (Å²) < 4.78 is 14.8. The number of aryl methyl sites for hydroxylation is 2. The number of ether oxygens (including phenoxy) is 1. The number of nitrogens with zero attached hydrogens (tertiary/aromatic N) is 8. The van der Waals surface area contributed by atoms with E-state index in [4.69, 9.17) is 19.2 Å². The van der Waals surface area contributed by atoms with Crippen LogP contribution in [-0.2, 0) is 31.0 Å². The molecule has 0 amide bonds. The maximum atomic E-state index is 11.0. The van der Waals surface area contributed by atoms with Gasteiger partial charge < -0.3 is 34.7 Å². The molecule has 1 fully saturated rings. The second-order valence-electron chi connectivity index (χ2n) is 9.92. The number of nitrogens with one attached hydrogen (secondary N) is 2. The van der Waals surface area contributed by atoms with Crippen LogP contribution in [0.15, 0.2) is 53.7 Å². The third kappa shape index (κ3) is 5.62. The van der Waals surface area contributed by atoms with Gasteiger partial charge in [-0.25, -0.2) is 9.97 Å². The third-order valence-electron chi connectivity index (χ3n) is 6.95. The summed E-state index contributed by atoms with van der Waals surface area (Å²) in [5, 5.41) is 32.3. The molecule has 1 aromatic carbocycles. The van der Waals surface area contributed by atoms with Crippen molar-refractivity contribution in [2.75, 3.05) is 23.7 Å². The minimum Gasteiger partial charge on any atom is -0.387 e. The lowest BCUT2D eigenvalue weighted by molar-refractivity contribution is -0.0451. The summed E-state index contributed by atoms with van der Waals surface area (Å²) in [6, 6.07) is 10.2. The first-order valence-corrected chi connectivity index (χ1v) is 13.6. The van der Waals surface area contributed by atoms with E-state index in [1.165, 1.54) is 11.9 Å². The Balaban J connectivity index is 1.27. The molecule has 6 rings (SSSR count). The molecule has 1 saturated heterocycles. The van der Waals surface area contributed by atoms with Crippen LogP contribution in [0.5, 0.6) is 0 Å². The Morgan fingerprint density at radius 1 is 0.951 bits per heavy atom. The van der Waals surface area contributed by atoms with E-state index in [-0.39, 0.29) is 5.89 Å². The highest BCUT2D eigenvalue weighted by Crippen LogP contribution is 2.39. The zero-order valence-corrected chi connectivity index (χ0v) is 22.8. The smallest absolute Gasteiger partial charge is 0.258 e. The topological polar surface area (TPSA) is 174 Å². The van der Waals surface area contributed by atoms with E-state index in [0.717, 1.165) is 12.1 Å². The average Bonchev–Trinajstić information content (AvgIpc) is 3.77. The molecule has 4 aromatic heterocycles. The van der Waals surface area contributed by atoms with E-state index in [0.29, 0.717) is 54.7 Å². The van der Waals surface area contributed by atoms with Gasteiger partial charge in [-0.3, -0.25) is 4.57 Å². The fourth-order valence-electron chi connectivity index (χ4n) is 4.79. The predicted molar refractivity (Wildman–Crippen MR) is 148 cm³/mol. The number of hydrogen-bond donors (Lipinski definition) is 4. The molecule has 14 nitrogen and oxygen atoms in total. The molecule has 0 bridgehead atoms. The molecule has 41 heavy (non-hydrogen) atoms. The number of benzene rings is 1. The van der Waals surface area contributed by atoms with Gasteiger partial charge in [0, 0.05) is 39.2 Å². The highest BCUT2D eigenvalue weighted by molar-refractivity contribution is 5.84. The number of rotatable bonds is 11. The summed E-state index contributed by atoms with van der Waals surface area (Å²) in [7, 11) is 1.93. The van der Waals surface area contributed by atoms with E-state index in [1.807, 2.05) is 42.9 Å². The number of aliphatic hydroxyl groups is 2. The van der Waals surface area contributed by atoms with Crippen LogP contribution in [0.1, 0.15) is 42.2 Å². The van der Waals surface area contributed by atoms with Crippen molar-refractivity contribution < 1.29 is 19.5 Å². The SMILES string of the molecule is CCc1noc([C@H]2O[C@@H](n3cnc4c(NCCc5ccccc5)nc(NCCc5cn(C)cn5)nc43)[C@H](O)[C@@H]2O)n1. The monoisotopic (exact) mass is 560 g/mol. The van der Waals surface area contributed by atoms with Crippen LogP contribution < -0.4 is 10.6 Å². The van der Waals surface area contributed by atoms with E-state index in [1.54, 1.807) is 10.9 Å². The molecule has 1 aliphatic heterocycles. The van der Waals surface area contributed by atoms with Gasteiger partial charge in [-0.1, -0.05) is 42.4 Å². The van der Waals surface area contributed by atoms with Crippen molar-refractivity contribution in [1.82, 2.24) is 39.2 Å². The summed E-state index contributed by atoms with van der Waals surface area (Å²) in [4.78, 5) is 22.6. The molecule has 14 heteroatoms. The molecular weight excluding hydrogens is 528 g/mol. The minimum atomic E-state index is -1.29. The van der Waals surface area contributed by atoms with E-state index in [9.17, 15) is 10.2 Å². The molecule has 5 heterocycles. The molecule has 214 valence electrons. The van der Waals surface area contributed by atoms with Crippen molar-refractivity contribution in [3.63, 3.8) is 0 Å². The fraction of sp³-hybridized carbons (Fsp3) is 0.407. The molecule has 0 aliphatic carbocycles. The third-order valence-corrected chi connectivity index (χ3v) is 6.95. The van der Waals surface area contributed by atoms with E-state index < -0.39 is 24.5 Å². The highest BCUT2D eigenvalue weighted by Gasteiger charge is 2.47. The maximum absolute atomic E-state index is 11.0. The first kappa shape index (κ1) is 26.8. The van der Waals surface area contributed by atoms with Gasteiger partial charge in [0.05, 0.1) is 18.3 Å². The van der Waals surface area contributed by atoms with Gasteiger partial charge in [0.2, 0.25) is 5.95 Å². The fourth-order valence-corrected chi connectivity index (χ4v) is 4.79.